The van der Waals surface area contributed by atoms with Crippen LogP contribution in [-0.2, 0) is 6.54 Å². The van der Waals surface area contributed by atoms with E-state index in [0.29, 0.717) is 5.15 Å². The van der Waals surface area contributed by atoms with Gasteiger partial charge in [0.1, 0.15) is 0 Å². The van der Waals surface area contributed by atoms with Crippen molar-refractivity contribution in [2.24, 2.45) is 0 Å². The number of pyridine rings is 1. The molecular formula is C17H20ClN3. The molecule has 1 aliphatic heterocycles. The van der Waals surface area contributed by atoms with Crippen molar-refractivity contribution in [3.63, 3.8) is 0 Å². The van der Waals surface area contributed by atoms with E-state index in [4.69, 9.17) is 11.6 Å². The Morgan fingerprint density at radius 1 is 1.05 bits per heavy atom. The maximum atomic E-state index is 6.04. The highest BCUT2D eigenvalue weighted by molar-refractivity contribution is 6.31. The Labute approximate surface area is 131 Å². The number of piperidine rings is 1. The summed E-state index contributed by atoms with van der Waals surface area (Å²) in [6, 6.07) is 12.6. The number of hydrogen-bond acceptors (Lipinski definition) is 3. The Bertz CT molecular complexity index is 577. The fraction of sp³-hybridized carbons (Fsp3) is 0.353. The first kappa shape index (κ1) is 14.2. The molecule has 4 heteroatoms. The lowest BCUT2D eigenvalue weighted by molar-refractivity contribution is 0.578. The van der Waals surface area contributed by atoms with Gasteiger partial charge in [-0.3, -0.25) is 0 Å². The Kier molecular flexibility index (Phi) is 4.61. The average Bonchev–Trinajstić information content (AvgIpc) is 2.55. The third-order valence-electron chi connectivity index (χ3n) is 3.90. The van der Waals surface area contributed by atoms with Gasteiger partial charge >= 0.3 is 0 Å². The summed E-state index contributed by atoms with van der Waals surface area (Å²) in [6.45, 7) is 3.12. The lowest BCUT2D eigenvalue weighted by Gasteiger charge is -2.28. The monoisotopic (exact) mass is 301 g/mol. The third-order valence-corrected chi connectivity index (χ3v) is 4.20. The van der Waals surface area contributed by atoms with Gasteiger partial charge in [0.25, 0.3) is 0 Å². The van der Waals surface area contributed by atoms with Gasteiger partial charge in [-0.05, 0) is 49.1 Å². The molecule has 1 fully saturated rings. The van der Waals surface area contributed by atoms with Gasteiger partial charge in [0.15, 0.2) is 5.15 Å². The molecule has 1 saturated heterocycles. The normalized spacial score (nSPS) is 15.0. The Morgan fingerprint density at radius 2 is 1.81 bits per heavy atom. The molecule has 0 radical (unpaired) electrons. The molecule has 1 aliphatic rings. The van der Waals surface area contributed by atoms with Crippen LogP contribution in [0.4, 0.5) is 11.4 Å². The highest BCUT2D eigenvalue weighted by atomic mass is 35.5. The number of hydrogen-bond donors (Lipinski definition) is 1. The van der Waals surface area contributed by atoms with Gasteiger partial charge < -0.3 is 10.2 Å². The van der Waals surface area contributed by atoms with Crippen LogP contribution in [-0.4, -0.2) is 18.1 Å². The number of nitrogens with one attached hydrogen (secondary N) is 1. The van der Waals surface area contributed by atoms with Crippen LogP contribution in [0, 0.1) is 0 Å². The van der Waals surface area contributed by atoms with E-state index in [1.165, 1.54) is 43.6 Å². The minimum atomic E-state index is 0.516. The second-order valence-electron chi connectivity index (χ2n) is 5.41. The van der Waals surface area contributed by atoms with E-state index in [2.05, 4.69) is 39.5 Å². The summed E-state index contributed by atoms with van der Waals surface area (Å²) in [5.41, 5.74) is 3.45. The van der Waals surface area contributed by atoms with Crippen molar-refractivity contribution in [2.45, 2.75) is 25.8 Å². The fourth-order valence-corrected chi connectivity index (χ4v) is 2.88. The van der Waals surface area contributed by atoms with E-state index in [1.54, 1.807) is 6.20 Å². The highest BCUT2D eigenvalue weighted by Crippen LogP contribution is 2.22. The third kappa shape index (κ3) is 3.67. The van der Waals surface area contributed by atoms with E-state index >= 15 is 0 Å². The average molecular weight is 302 g/mol. The summed E-state index contributed by atoms with van der Waals surface area (Å²) in [5, 5.41) is 3.84. The van der Waals surface area contributed by atoms with Crippen molar-refractivity contribution in [1.82, 2.24) is 4.98 Å². The van der Waals surface area contributed by atoms with Gasteiger partial charge in [-0.1, -0.05) is 23.7 Å². The van der Waals surface area contributed by atoms with E-state index in [1.807, 2.05) is 12.1 Å². The first-order chi connectivity index (χ1) is 10.3. The zero-order chi connectivity index (χ0) is 14.5. The van der Waals surface area contributed by atoms with Crippen LogP contribution in [0.5, 0.6) is 0 Å². The minimum Gasteiger partial charge on any atom is -0.378 e. The summed E-state index contributed by atoms with van der Waals surface area (Å²) in [5.74, 6) is 0. The molecule has 0 saturated carbocycles. The smallest absolute Gasteiger partial charge is 0.152 e. The molecule has 0 atom stereocenters. The molecule has 1 aromatic heterocycles. The van der Waals surface area contributed by atoms with Crippen LogP contribution in [0.2, 0.25) is 5.15 Å². The van der Waals surface area contributed by atoms with Gasteiger partial charge in [-0.15, -0.1) is 0 Å². The highest BCUT2D eigenvalue weighted by Gasteiger charge is 2.10. The predicted octanol–water partition coefficient (Wildman–Crippen LogP) is 4.34. The summed E-state index contributed by atoms with van der Waals surface area (Å²) in [6.07, 6.45) is 5.68. The molecule has 2 heterocycles. The number of halogens is 1. The predicted molar refractivity (Wildman–Crippen MR) is 89.1 cm³/mol. The van der Waals surface area contributed by atoms with Crippen LogP contribution in [0.1, 0.15) is 24.8 Å². The minimum absolute atomic E-state index is 0.516. The fourth-order valence-electron chi connectivity index (χ4n) is 2.69. The van der Waals surface area contributed by atoms with Crippen LogP contribution >= 0.6 is 11.6 Å². The van der Waals surface area contributed by atoms with E-state index in [0.717, 1.165) is 12.2 Å². The van der Waals surface area contributed by atoms with Crippen LogP contribution in [0.15, 0.2) is 42.6 Å². The molecule has 1 N–H and O–H groups in total. The Balaban J connectivity index is 1.60. The summed E-state index contributed by atoms with van der Waals surface area (Å²) < 4.78 is 0. The zero-order valence-corrected chi connectivity index (χ0v) is 12.8. The molecule has 21 heavy (non-hydrogen) atoms. The van der Waals surface area contributed by atoms with Gasteiger partial charge in [-0.2, -0.15) is 0 Å². The molecule has 1 aromatic carbocycles. The number of rotatable bonds is 4. The molecule has 0 unspecified atom stereocenters. The zero-order valence-electron chi connectivity index (χ0n) is 12.1. The quantitative estimate of drug-likeness (QED) is 0.852. The van der Waals surface area contributed by atoms with Crippen LogP contribution in [0.3, 0.4) is 0 Å². The summed E-state index contributed by atoms with van der Waals surface area (Å²) in [7, 11) is 0. The van der Waals surface area contributed by atoms with Gasteiger partial charge in [0.2, 0.25) is 0 Å². The van der Waals surface area contributed by atoms with Crippen molar-refractivity contribution < 1.29 is 0 Å². The van der Waals surface area contributed by atoms with Crippen LogP contribution < -0.4 is 10.2 Å². The van der Waals surface area contributed by atoms with Crippen molar-refractivity contribution in [3.05, 3.63) is 53.3 Å². The van der Waals surface area contributed by atoms with Gasteiger partial charge in [0.05, 0.1) is 5.69 Å². The van der Waals surface area contributed by atoms with E-state index in [9.17, 15) is 0 Å². The molecule has 0 aliphatic carbocycles. The molecule has 0 spiro atoms. The van der Waals surface area contributed by atoms with Crippen molar-refractivity contribution >= 4 is 23.0 Å². The van der Waals surface area contributed by atoms with Crippen molar-refractivity contribution in [3.8, 4) is 0 Å². The molecule has 2 aromatic rings. The lowest BCUT2D eigenvalue weighted by atomic mass is 10.1. The van der Waals surface area contributed by atoms with E-state index < -0.39 is 0 Å². The van der Waals surface area contributed by atoms with Crippen molar-refractivity contribution in [2.75, 3.05) is 23.3 Å². The topological polar surface area (TPSA) is 28.2 Å². The Hall–Kier alpha value is -1.74. The SMILES string of the molecule is Clc1ncccc1NCc1ccc(N2CCCCC2)cc1. The maximum absolute atomic E-state index is 6.04. The van der Waals surface area contributed by atoms with Gasteiger partial charge in [-0.25, -0.2) is 4.98 Å². The number of nitrogens with zero attached hydrogens (tertiary/aromatic N) is 2. The maximum Gasteiger partial charge on any atom is 0.152 e. The summed E-state index contributed by atoms with van der Waals surface area (Å²) >= 11 is 6.04. The number of aromatic nitrogens is 1. The first-order valence-electron chi connectivity index (χ1n) is 7.51. The van der Waals surface area contributed by atoms with E-state index in [-0.39, 0.29) is 0 Å². The van der Waals surface area contributed by atoms with Gasteiger partial charge in [0, 0.05) is 31.5 Å². The van der Waals surface area contributed by atoms with Crippen molar-refractivity contribution in [1.29, 1.82) is 0 Å². The largest absolute Gasteiger partial charge is 0.378 e. The molecule has 110 valence electrons. The molecular weight excluding hydrogens is 282 g/mol. The summed E-state index contributed by atoms with van der Waals surface area (Å²) in [4.78, 5) is 6.53. The van der Waals surface area contributed by atoms with Crippen LogP contribution in [0.25, 0.3) is 0 Å². The second-order valence-corrected chi connectivity index (χ2v) is 5.77. The molecule has 3 nitrogen and oxygen atoms in total. The number of benzene rings is 1. The first-order valence-corrected chi connectivity index (χ1v) is 7.89. The second kappa shape index (κ2) is 6.81. The lowest BCUT2D eigenvalue weighted by Crippen LogP contribution is -2.29. The molecule has 3 rings (SSSR count). The standard InChI is InChI=1S/C17H20ClN3/c18-17-16(5-4-10-19-17)20-13-14-6-8-15(9-7-14)21-11-2-1-3-12-21/h4-10,20H,1-3,11-13H2. The number of anilines is 2. The molecule has 0 bridgehead atoms. The Morgan fingerprint density at radius 3 is 2.52 bits per heavy atom. The molecule has 0 amide bonds.